The summed E-state index contributed by atoms with van der Waals surface area (Å²) in [6.45, 7) is 10.3. The Morgan fingerprint density at radius 1 is 1.35 bits per heavy atom. The van der Waals surface area contributed by atoms with E-state index in [1.54, 1.807) is 4.90 Å². The molecule has 1 unspecified atom stereocenters. The van der Waals surface area contributed by atoms with Crippen LogP contribution >= 0.6 is 0 Å². The van der Waals surface area contributed by atoms with Crippen LogP contribution in [0.4, 0.5) is 10.5 Å². The van der Waals surface area contributed by atoms with Gasteiger partial charge < -0.3 is 19.7 Å². The van der Waals surface area contributed by atoms with Crippen LogP contribution in [0.25, 0.3) is 0 Å². The second kappa shape index (κ2) is 7.68. The molecule has 1 N–H and O–H groups in total. The molecule has 23 heavy (non-hydrogen) atoms. The SMILES string of the molecule is CCOCc1ccccc1NC1CCN(C(=O)OC(C)(C)C)C1. The molecule has 1 fully saturated rings. The number of nitrogens with zero attached hydrogens (tertiary/aromatic N) is 1. The number of ether oxygens (including phenoxy) is 2. The lowest BCUT2D eigenvalue weighted by Gasteiger charge is -2.24. The van der Waals surface area contributed by atoms with Crippen molar-refractivity contribution in [3.05, 3.63) is 29.8 Å². The number of anilines is 1. The number of benzene rings is 1. The van der Waals surface area contributed by atoms with Gasteiger partial charge in [-0.1, -0.05) is 18.2 Å². The Morgan fingerprint density at radius 2 is 2.09 bits per heavy atom. The zero-order valence-corrected chi connectivity index (χ0v) is 14.6. The summed E-state index contributed by atoms with van der Waals surface area (Å²) < 4.78 is 11.0. The molecule has 1 aliphatic rings. The number of amides is 1. The first-order valence-corrected chi connectivity index (χ1v) is 8.29. The van der Waals surface area contributed by atoms with Crippen molar-refractivity contribution in [3.8, 4) is 0 Å². The average Bonchev–Trinajstić information content (AvgIpc) is 2.93. The minimum atomic E-state index is -0.452. The van der Waals surface area contributed by atoms with E-state index >= 15 is 0 Å². The van der Waals surface area contributed by atoms with E-state index < -0.39 is 5.60 Å². The number of carbonyl (C=O) groups excluding carboxylic acids is 1. The summed E-state index contributed by atoms with van der Waals surface area (Å²) >= 11 is 0. The third-order valence-corrected chi connectivity index (χ3v) is 3.68. The van der Waals surface area contributed by atoms with Gasteiger partial charge in [0.15, 0.2) is 0 Å². The molecule has 1 aromatic rings. The third kappa shape index (κ3) is 5.43. The Bertz CT molecular complexity index is 525. The highest BCUT2D eigenvalue weighted by Gasteiger charge is 2.29. The standard InChI is InChI=1S/C18H28N2O3/c1-5-22-13-14-8-6-7-9-16(14)19-15-10-11-20(12-15)17(21)23-18(2,3)4/h6-9,15,19H,5,10-13H2,1-4H3. The maximum Gasteiger partial charge on any atom is 0.410 e. The van der Waals surface area contributed by atoms with Crippen LogP contribution in [-0.4, -0.2) is 42.3 Å². The molecule has 1 amide bonds. The van der Waals surface area contributed by atoms with Gasteiger partial charge in [0, 0.05) is 37.0 Å². The normalized spacial score (nSPS) is 18.1. The molecule has 5 nitrogen and oxygen atoms in total. The Labute approximate surface area is 139 Å². The predicted molar refractivity (Wildman–Crippen MR) is 91.6 cm³/mol. The molecule has 1 atom stereocenters. The minimum Gasteiger partial charge on any atom is -0.444 e. The summed E-state index contributed by atoms with van der Waals surface area (Å²) in [5, 5.41) is 3.54. The van der Waals surface area contributed by atoms with Crippen molar-refractivity contribution in [2.24, 2.45) is 0 Å². The van der Waals surface area contributed by atoms with Crippen molar-refractivity contribution in [1.29, 1.82) is 0 Å². The summed E-state index contributed by atoms with van der Waals surface area (Å²) in [6.07, 6.45) is 0.687. The molecule has 2 rings (SSSR count). The highest BCUT2D eigenvalue weighted by molar-refractivity contribution is 5.68. The molecule has 5 heteroatoms. The number of hydrogen-bond donors (Lipinski definition) is 1. The molecule has 1 aromatic carbocycles. The smallest absolute Gasteiger partial charge is 0.410 e. The second-order valence-corrected chi connectivity index (χ2v) is 6.85. The zero-order valence-electron chi connectivity index (χ0n) is 14.6. The lowest BCUT2D eigenvalue weighted by molar-refractivity contribution is 0.0293. The van der Waals surface area contributed by atoms with Crippen molar-refractivity contribution < 1.29 is 14.3 Å². The molecule has 0 radical (unpaired) electrons. The second-order valence-electron chi connectivity index (χ2n) is 6.85. The van der Waals surface area contributed by atoms with Gasteiger partial charge in [0.2, 0.25) is 0 Å². The highest BCUT2D eigenvalue weighted by Crippen LogP contribution is 2.22. The number of rotatable bonds is 5. The zero-order chi connectivity index (χ0) is 16.9. The Kier molecular flexibility index (Phi) is 5.88. The van der Waals surface area contributed by atoms with E-state index in [1.165, 1.54) is 0 Å². The van der Waals surface area contributed by atoms with Crippen LogP contribution in [0.3, 0.4) is 0 Å². The first-order valence-electron chi connectivity index (χ1n) is 8.29. The van der Waals surface area contributed by atoms with Crippen molar-refractivity contribution >= 4 is 11.8 Å². The maximum absolute atomic E-state index is 12.1. The molecule has 0 spiro atoms. The van der Waals surface area contributed by atoms with E-state index in [2.05, 4.69) is 17.4 Å². The van der Waals surface area contributed by atoms with Gasteiger partial charge in [-0.2, -0.15) is 0 Å². The van der Waals surface area contributed by atoms with Crippen LogP contribution in [0.2, 0.25) is 0 Å². The molecular formula is C18H28N2O3. The van der Waals surface area contributed by atoms with E-state index in [0.29, 0.717) is 19.8 Å². The molecule has 1 saturated heterocycles. The first-order chi connectivity index (χ1) is 10.9. The van der Waals surface area contributed by atoms with Crippen LogP contribution < -0.4 is 5.32 Å². The molecule has 0 aliphatic carbocycles. The predicted octanol–water partition coefficient (Wildman–Crippen LogP) is 3.64. The summed E-state index contributed by atoms with van der Waals surface area (Å²) in [6, 6.07) is 8.40. The monoisotopic (exact) mass is 320 g/mol. The van der Waals surface area contributed by atoms with Crippen LogP contribution in [0.15, 0.2) is 24.3 Å². The van der Waals surface area contributed by atoms with Crippen LogP contribution in [0.1, 0.15) is 39.7 Å². The first kappa shape index (κ1) is 17.6. The fraction of sp³-hybridized carbons (Fsp3) is 0.611. The lowest BCUT2D eigenvalue weighted by Crippen LogP contribution is -2.36. The Morgan fingerprint density at radius 3 is 2.78 bits per heavy atom. The fourth-order valence-electron chi connectivity index (χ4n) is 2.59. The largest absolute Gasteiger partial charge is 0.444 e. The number of nitrogens with one attached hydrogen (secondary N) is 1. The van der Waals surface area contributed by atoms with E-state index in [4.69, 9.17) is 9.47 Å². The molecule has 0 aromatic heterocycles. The lowest BCUT2D eigenvalue weighted by atomic mass is 10.1. The quantitative estimate of drug-likeness (QED) is 0.900. The summed E-state index contributed by atoms with van der Waals surface area (Å²) in [7, 11) is 0. The van der Waals surface area contributed by atoms with Gasteiger partial charge in [0.1, 0.15) is 5.60 Å². The Balaban J connectivity index is 1.92. The fourth-order valence-corrected chi connectivity index (χ4v) is 2.59. The molecule has 1 aliphatic heterocycles. The number of carbonyl (C=O) groups is 1. The molecule has 0 bridgehead atoms. The number of hydrogen-bond acceptors (Lipinski definition) is 4. The Hall–Kier alpha value is -1.75. The van der Waals surface area contributed by atoms with Crippen LogP contribution in [0, 0.1) is 0 Å². The van der Waals surface area contributed by atoms with E-state index in [1.807, 2.05) is 39.8 Å². The van der Waals surface area contributed by atoms with E-state index in [9.17, 15) is 4.79 Å². The van der Waals surface area contributed by atoms with Gasteiger partial charge >= 0.3 is 6.09 Å². The number of para-hydroxylation sites is 1. The summed E-state index contributed by atoms with van der Waals surface area (Å²) in [4.78, 5) is 13.9. The van der Waals surface area contributed by atoms with E-state index in [0.717, 1.165) is 24.2 Å². The highest BCUT2D eigenvalue weighted by atomic mass is 16.6. The molecular weight excluding hydrogens is 292 g/mol. The molecule has 0 saturated carbocycles. The van der Waals surface area contributed by atoms with Crippen LogP contribution in [0.5, 0.6) is 0 Å². The van der Waals surface area contributed by atoms with Gasteiger partial charge in [-0.05, 0) is 40.2 Å². The topological polar surface area (TPSA) is 50.8 Å². The summed E-state index contributed by atoms with van der Waals surface area (Å²) in [5.41, 5.74) is 1.77. The molecule has 128 valence electrons. The van der Waals surface area contributed by atoms with Gasteiger partial charge in [0.25, 0.3) is 0 Å². The minimum absolute atomic E-state index is 0.232. The van der Waals surface area contributed by atoms with Gasteiger partial charge in [-0.25, -0.2) is 4.79 Å². The average molecular weight is 320 g/mol. The maximum atomic E-state index is 12.1. The van der Waals surface area contributed by atoms with Crippen molar-refractivity contribution in [1.82, 2.24) is 4.90 Å². The van der Waals surface area contributed by atoms with Crippen molar-refractivity contribution in [3.63, 3.8) is 0 Å². The van der Waals surface area contributed by atoms with Crippen LogP contribution in [-0.2, 0) is 16.1 Å². The summed E-state index contributed by atoms with van der Waals surface area (Å²) in [5.74, 6) is 0. The van der Waals surface area contributed by atoms with E-state index in [-0.39, 0.29) is 12.1 Å². The van der Waals surface area contributed by atoms with Gasteiger partial charge in [-0.3, -0.25) is 0 Å². The van der Waals surface area contributed by atoms with Gasteiger partial charge in [-0.15, -0.1) is 0 Å². The third-order valence-electron chi connectivity index (χ3n) is 3.68. The van der Waals surface area contributed by atoms with Gasteiger partial charge in [0.05, 0.1) is 6.61 Å². The van der Waals surface area contributed by atoms with Crippen molar-refractivity contribution in [2.75, 3.05) is 25.0 Å². The molecule has 1 heterocycles. The van der Waals surface area contributed by atoms with Crippen molar-refractivity contribution in [2.45, 2.75) is 52.4 Å². The number of likely N-dealkylation sites (tertiary alicyclic amines) is 1.